The van der Waals surface area contributed by atoms with Crippen LogP contribution in [0.1, 0.15) is 50.2 Å². The standard InChI is InChI=1S/C31H32ClF4N3O4S/c1-2-28(30(41)37-23-8-6-7-9-23)38(19-21-12-14-22(33)15-13-21)29(40)20-39(44(42,43)25-10-4-3-5-11-25)24-16-17-27(32)26(18-24)31(34,35)36/h3-5,10-18,23,28H,2,6-9,19-20H2,1H3,(H,37,41). The number of rotatable bonds is 11. The Morgan fingerprint density at radius 1 is 1.00 bits per heavy atom. The molecule has 1 aliphatic rings. The summed E-state index contributed by atoms with van der Waals surface area (Å²) in [6, 6.07) is 13.7. The van der Waals surface area contributed by atoms with Crippen molar-refractivity contribution in [2.45, 2.75) is 68.7 Å². The van der Waals surface area contributed by atoms with Gasteiger partial charge in [0.15, 0.2) is 0 Å². The second-order valence-electron chi connectivity index (χ2n) is 10.5. The number of alkyl halides is 3. The maximum absolute atomic E-state index is 14.1. The summed E-state index contributed by atoms with van der Waals surface area (Å²) in [6.07, 6.45) is -1.26. The molecule has 3 aromatic carbocycles. The highest BCUT2D eigenvalue weighted by atomic mass is 35.5. The lowest BCUT2D eigenvalue weighted by atomic mass is 10.1. The van der Waals surface area contributed by atoms with Crippen molar-refractivity contribution < 1.29 is 35.6 Å². The van der Waals surface area contributed by atoms with Crippen LogP contribution in [0, 0.1) is 5.82 Å². The number of benzene rings is 3. The van der Waals surface area contributed by atoms with Crippen molar-refractivity contribution in [3.63, 3.8) is 0 Å². The zero-order valence-corrected chi connectivity index (χ0v) is 25.4. The van der Waals surface area contributed by atoms with E-state index in [0.29, 0.717) is 15.9 Å². The lowest BCUT2D eigenvalue weighted by Gasteiger charge is -2.34. The second-order valence-corrected chi connectivity index (χ2v) is 12.8. The van der Waals surface area contributed by atoms with Gasteiger partial charge in [-0.3, -0.25) is 13.9 Å². The average molecular weight is 654 g/mol. The van der Waals surface area contributed by atoms with Crippen molar-refractivity contribution in [3.8, 4) is 0 Å². The highest BCUT2D eigenvalue weighted by Gasteiger charge is 2.37. The van der Waals surface area contributed by atoms with Crippen molar-refractivity contribution in [1.29, 1.82) is 0 Å². The van der Waals surface area contributed by atoms with Gasteiger partial charge in [0.2, 0.25) is 11.8 Å². The van der Waals surface area contributed by atoms with E-state index in [-0.39, 0.29) is 23.9 Å². The SMILES string of the molecule is CCC(C(=O)NC1CCCC1)N(Cc1ccc(F)cc1)C(=O)CN(c1ccc(Cl)c(C(F)(F)F)c1)S(=O)(=O)c1ccccc1. The first-order chi connectivity index (χ1) is 20.8. The highest BCUT2D eigenvalue weighted by molar-refractivity contribution is 7.92. The summed E-state index contributed by atoms with van der Waals surface area (Å²) in [6.45, 7) is 0.588. The predicted molar refractivity (Wildman–Crippen MR) is 159 cm³/mol. The van der Waals surface area contributed by atoms with E-state index in [1.807, 2.05) is 0 Å². The highest BCUT2D eigenvalue weighted by Crippen LogP contribution is 2.38. The van der Waals surface area contributed by atoms with Crippen LogP contribution in [0.15, 0.2) is 77.7 Å². The normalized spacial score (nSPS) is 14.7. The lowest BCUT2D eigenvalue weighted by Crippen LogP contribution is -2.53. The van der Waals surface area contributed by atoms with Crippen LogP contribution in [-0.4, -0.2) is 43.8 Å². The third-order valence-corrected chi connectivity index (χ3v) is 9.62. The van der Waals surface area contributed by atoms with E-state index in [2.05, 4.69) is 5.32 Å². The molecule has 1 aliphatic carbocycles. The molecule has 0 bridgehead atoms. The number of sulfonamides is 1. The van der Waals surface area contributed by atoms with Gasteiger partial charge in [-0.1, -0.05) is 61.7 Å². The van der Waals surface area contributed by atoms with Gasteiger partial charge in [0.05, 0.1) is 21.2 Å². The van der Waals surface area contributed by atoms with Crippen molar-refractivity contribution in [2.24, 2.45) is 0 Å². The topological polar surface area (TPSA) is 86.8 Å². The van der Waals surface area contributed by atoms with Gasteiger partial charge in [0.25, 0.3) is 10.0 Å². The number of hydrogen-bond acceptors (Lipinski definition) is 4. The van der Waals surface area contributed by atoms with Crippen molar-refractivity contribution in [2.75, 3.05) is 10.8 Å². The first-order valence-corrected chi connectivity index (χ1v) is 15.9. The summed E-state index contributed by atoms with van der Waals surface area (Å²) in [4.78, 5) is 28.5. The lowest BCUT2D eigenvalue weighted by molar-refractivity contribution is -0.140. The van der Waals surface area contributed by atoms with Crippen molar-refractivity contribution >= 4 is 39.1 Å². The van der Waals surface area contributed by atoms with E-state index in [1.54, 1.807) is 13.0 Å². The zero-order chi connectivity index (χ0) is 32.1. The predicted octanol–water partition coefficient (Wildman–Crippen LogP) is 6.56. The number of carbonyl (C=O) groups excluding carboxylic acids is 2. The second kappa shape index (κ2) is 14.0. The Balaban J connectivity index is 1.77. The van der Waals surface area contributed by atoms with Crippen LogP contribution < -0.4 is 9.62 Å². The monoisotopic (exact) mass is 653 g/mol. The molecule has 0 aromatic heterocycles. The average Bonchev–Trinajstić information content (AvgIpc) is 3.50. The Hall–Kier alpha value is -3.64. The summed E-state index contributed by atoms with van der Waals surface area (Å²) < 4.78 is 83.3. The minimum atomic E-state index is -4.90. The van der Waals surface area contributed by atoms with Gasteiger partial charge in [-0.05, 0) is 67.3 Å². The van der Waals surface area contributed by atoms with Gasteiger partial charge in [0.1, 0.15) is 18.4 Å². The van der Waals surface area contributed by atoms with E-state index >= 15 is 0 Å². The Morgan fingerprint density at radius 3 is 2.23 bits per heavy atom. The van der Waals surface area contributed by atoms with Crippen LogP contribution in [-0.2, 0) is 32.3 Å². The van der Waals surface area contributed by atoms with Crippen molar-refractivity contribution in [1.82, 2.24) is 10.2 Å². The molecule has 0 spiro atoms. The molecule has 0 heterocycles. The van der Waals surface area contributed by atoms with E-state index in [1.165, 1.54) is 53.4 Å². The largest absolute Gasteiger partial charge is 0.417 e. The van der Waals surface area contributed by atoms with Crippen LogP contribution in [0.4, 0.5) is 23.2 Å². The minimum absolute atomic E-state index is 0.0656. The Morgan fingerprint density at radius 2 is 1.64 bits per heavy atom. The molecule has 2 amide bonds. The smallest absolute Gasteiger partial charge is 0.352 e. The minimum Gasteiger partial charge on any atom is -0.352 e. The molecule has 13 heteroatoms. The molecule has 4 rings (SSSR count). The van der Waals surface area contributed by atoms with Gasteiger partial charge < -0.3 is 10.2 Å². The molecule has 7 nitrogen and oxygen atoms in total. The van der Waals surface area contributed by atoms with E-state index in [0.717, 1.165) is 37.8 Å². The van der Waals surface area contributed by atoms with Crippen LogP contribution >= 0.6 is 11.6 Å². The Bertz CT molecular complexity index is 1560. The molecule has 1 atom stereocenters. The number of nitrogens with zero attached hydrogens (tertiary/aromatic N) is 2. The summed E-state index contributed by atoms with van der Waals surface area (Å²) >= 11 is 5.81. The fraction of sp³-hybridized carbons (Fsp3) is 0.355. The van der Waals surface area contributed by atoms with Gasteiger partial charge in [-0.15, -0.1) is 0 Å². The number of anilines is 1. The molecule has 1 unspecified atom stereocenters. The maximum Gasteiger partial charge on any atom is 0.417 e. The Kier molecular flexibility index (Phi) is 10.6. The molecule has 44 heavy (non-hydrogen) atoms. The van der Waals surface area contributed by atoms with Crippen LogP contribution in [0.3, 0.4) is 0 Å². The summed E-state index contributed by atoms with van der Waals surface area (Å²) in [7, 11) is -4.58. The van der Waals surface area contributed by atoms with Gasteiger partial charge in [-0.25, -0.2) is 12.8 Å². The summed E-state index contributed by atoms with van der Waals surface area (Å²) in [5, 5.41) is 2.33. The molecule has 1 saturated carbocycles. The van der Waals surface area contributed by atoms with Gasteiger partial charge in [-0.2, -0.15) is 13.2 Å². The van der Waals surface area contributed by atoms with E-state index in [4.69, 9.17) is 11.6 Å². The Labute approximate surface area is 258 Å². The van der Waals surface area contributed by atoms with Gasteiger partial charge in [0, 0.05) is 12.6 Å². The van der Waals surface area contributed by atoms with E-state index in [9.17, 15) is 35.6 Å². The third-order valence-electron chi connectivity index (χ3n) is 7.51. The molecular weight excluding hydrogens is 622 g/mol. The molecule has 236 valence electrons. The molecule has 0 radical (unpaired) electrons. The first-order valence-electron chi connectivity index (χ1n) is 14.1. The van der Waals surface area contributed by atoms with Crippen molar-refractivity contribution in [3.05, 3.63) is 94.8 Å². The fourth-order valence-corrected chi connectivity index (χ4v) is 6.86. The number of carbonyl (C=O) groups is 2. The van der Waals surface area contributed by atoms with Crippen LogP contribution in [0.2, 0.25) is 5.02 Å². The number of nitrogens with one attached hydrogen (secondary N) is 1. The maximum atomic E-state index is 14.1. The number of amides is 2. The summed E-state index contributed by atoms with van der Waals surface area (Å²) in [5.74, 6) is -1.79. The third kappa shape index (κ3) is 7.89. The van der Waals surface area contributed by atoms with Gasteiger partial charge >= 0.3 is 6.18 Å². The quantitative estimate of drug-likeness (QED) is 0.238. The fourth-order valence-electron chi connectivity index (χ4n) is 5.21. The zero-order valence-electron chi connectivity index (χ0n) is 23.9. The molecule has 0 aliphatic heterocycles. The number of hydrogen-bond donors (Lipinski definition) is 1. The van der Waals surface area contributed by atoms with Crippen LogP contribution in [0.25, 0.3) is 0 Å². The van der Waals surface area contributed by atoms with E-state index < -0.39 is 62.7 Å². The summed E-state index contributed by atoms with van der Waals surface area (Å²) in [5.41, 5.74) is -1.25. The molecule has 1 fully saturated rings. The first kappa shape index (κ1) is 33.3. The number of halogens is 5. The molecule has 1 N–H and O–H groups in total. The molecule has 3 aromatic rings. The molecular formula is C31H32ClF4N3O4S. The van der Waals surface area contributed by atoms with Crippen LogP contribution in [0.5, 0.6) is 0 Å². The molecule has 0 saturated heterocycles.